The van der Waals surface area contributed by atoms with E-state index in [9.17, 15) is 9.90 Å². The van der Waals surface area contributed by atoms with Gasteiger partial charge in [0.05, 0.1) is 12.6 Å². The molecule has 1 aliphatic heterocycles. The molecular formula is C14H25N5O3. The number of nitrogens with zero attached hydrogens (tertiary/aromatic N) is 4. The molecule has 0 bridgehead atoms. The van der Waals surface area contributed by atoms with E-state index in [1.165, 1.54) is 4.90 Å². The second-order valence-corrected chi connectivity index (χ2v) is 6.90. The molecule has 2 heterocycles. The first kappa shape index (κ1) is 16.7. The average Bonchev–Trinajstić information content (AvgIpc) is 2.93. The minimum Gasteiger partial charge on any atom is -0.444 e. The van der Waals surface area contributed by atoms with Crippen LogP contribution in [0.2, 0.25) is 0 Å². The Morgan fingerprint density at radius 3 is 2.59 bits per heavy atom. The molecule has 1 aromatic heterocycles. The highest BCUT2D eigenvalue weighted by Gasteiger charge is 2.46. The molecule has 1 fully saturated rings. The first-order valence-corrected chi connectivity index (χ1v) is 7.35. The number of aromatic nitrogens is 3. The molecule has 1 aromatic rings. The van der Waals surface area contributed by atoms with Crippen LogP contribution < -0.4 is 5.73 Å². The van der Waals surface area contributed by atoms with Gasteiger partial charge in [-0.2, -0.15) is 0 Å². The minimum absolute atomic E-state index is 0.120. The van der Waals surface area contributed by atoms with Gasteiger partial charge in [-0.25, -0.2) is 4.79 Å². The average molecular weight is 311 g/mol. The number of carbonyl (C=O) groups excluding carboxylic acids is 1. The number of hydrogen-bond donors (Lipinski definition) is 2. The second kappa shape index (κ2) is 5.51. The number of likely N-dealkylation sites (tertiary alicyclic amines) is 1. The molecule has 2 rings (SSSR count). The lowest BCUT2D eigenvalue weighted by Crippen LogP contribution is -2.46. The fourth-order valence-electron chi connectivity index (χ4n) is 2.49. The van der Waals surface area contributed by atoms with Crippen LogP contribution in [0.5, 0.6) is 0 Å². The van der Waals surface area contributed by atoms with Gasteiger partial charge in [0.1, 0.15) is 17.0 Å². The van der Waals surface area contributed by atoms with Crippen LogP contribution >= 0.6 is 0 Å². The predicted octanol–water partition coefficient (Wildman–Crippen LogP) is 0.495. The van der Waals surface area contributed by atoms with Crippen LogP contribution in [-0.2, 0) is 11.8 Å². The van der Waals surface area contributed by atoms with Gasteiger partial charge in [-0.1, -0.05) is 0 Å². The van der Waals surface area contributed by atoms with Crippen molar-refractivity contribution < 1.29 is 14.6 Å². The summed E-state index contributed by atoms with van der Waals surface area (Å²) in [5.41, 5.74) is 4.39. The smallest absolute Gasteiger partial charge is 0.410 e. The third-order valence-corrected chi connectivity index (χ3v) is 3.91. The molecule has 124 valence electrons. The highest BCUT2D eigenvalue weighted by molar-refractivity contribution is 5.68. The molecule has 0 saturated carbocycles. The van der Waals surface area contributed by atoms with E-state index in [1.54, 1.807) is 32.4 Å². The molecule has 2 unspecified atom stereocenters. The lowest BCUT2D eigenvalue weighted by atomic mass is 9.93. The first-order chi connectivity index (χ1) is 10.0. The molecule has 1 amide bonds. The maximum absolute atomic E-state index is 12.1. The Morgan fingerprint density at radius 2 is 2.09 bits per heavy atom. The Bertz CT molecular complexity index is 565. The standard InChI is InChI=1S/C14H25N5O3/c1-9-16-17-11(18(9)5)10(15)14(21)6-7-19(8-14)12(20)22-13(2,3)4/h10,21H,6-8,15H2,1-5H3. The molecule has 8 nitrogen and oxygen atoms in total. The van der Waals surface area contributed by atoms with E-state index < -0.39 is 23.3 Å². The van der Waals surface area contributed by atoms with Crippen LogP contribution in [0.3, 0.4) is 0 Å². The molecule has 3 N–H and O–H groups in total. The van der Waals surface area contributed by atoms with Crippen LogP contribution in [0.25, 0.3) is 0 Å². The molecule has 1 saturated heterocycles. The van der Waals surface area contributed by atoms with Crippen molar-refractivity contribution in [1.82, 2.24) is 19.7 Å². The summed E-state index contributed by atoms with van der Waals surface area (Å²) in [4.78, 5) is 13.6. The summed E-state index contributed by atoms with van der Waals surface area (Å²) in [7, 11) is 1.80. The molecule has 0 aliphatic carbocycles. The van der Waals surface area contributed by atoms with E-state index in [2.05, 4.69) is 10.2 Å². The van der Waals surface area contributed by atoms with Crippen molar-refractivity contribution in [3.63, 3.8) is 0 Å². The number of rotatable bonds is 2. The van der Waals surface area contributed by atoms with Crippen molar-refractivity contribution in [2.24, 2.45) is 12.8 Å². The highest BCUT2D eigenvalue weighted by atomic mass is 16.6. The predicted molar refractivity (Wildman–Crippen MR) is 80.0 cm³/mol. The maximum Gasteiger partial charge on any atom is 0.410 e. The van der Waals surface area contributed by atoms with Gasteiger partial charge in [-0.15, -0.1) is 10.2 Å². The summed E-state index contributed by atoms with van der Waals surface area (Å²) in [5.74, 6) is 1.22. The second-order valence-electron chi connectivity index (χ2n) is 6.90. The number of nitrogens with two attached hydrogens (primary N) is 1. The van der Waals surface area contributed by atoms with E-state index in [1.807, 2.05) is 6.92 Å². The number of aliphatic hydroxyl groups is 1. The number of aryl methyl sites for hydroxylation is 1. The molecular weight excluding hydrogens is 286 g/mol. The van der Waals surface area contributed by atoms with Crippen LogP contribution in [0.4, 0.5) is 4.79 Å². The van der Waals surface area contributed by atoms with Crippen molar-refractivity contribution >= 4 is 6.09 Å². The van der Waals surface area contributed by atoms with Gasteiger partial charge in [0.25, 0.3) is 0 Å². The largest absolute Gasteiger partial charge is 0.444 e. The normalized spacial score (nSPS) is 23.7. The van der Waals surface area contributed by atoms with Gasteiger partial charge < -0.3 is 25.0 Å². The topological polar surface area (TPSA) is 106 Å². The number of carbonyl (C=O) groups is 1. The van der Waals surface area contributed by atoms with Gasteiger partial charge in [0.15, 0.2) is 5.82 Å². The van der Waals surface area contributed by atoms with E-state index in [-0.39, 0.29) is 6.54 Å². The summed E-state index contributed by atoms with van der Waals surface area (Å²) in [6, 6.07) is -0.717. The number of ether oxygens (including phenoxy) is 1. The van der Waals surface area contributed by atoms with Gasteiger partial charge in [-0.3, -0.25) is 0 Å². The van der Waals surface area contributed by atoms with Crippen molar-refractivity contribution in [2.75, 3.05) is 13.1 Å². The SMILES string of the molecule is Cc1nnc(C(N)C2(O)CCN(C(=O)OC(C)(C)C)C2)n1C. The Labute approximate surface area is 130 Å². The van der Waals surface area contributed by atoms with Gasteiger partial charge in [-0.05, 0) is 34.1 Å². The minimum atomic E-state index is -1.23. The summed E-state index contributed by atoms with van der Waals surface area (Å²) < 4.78 is 7.08. The van der Waals surface area contributed by atoms with Crippen molar-refractivity contribution in [3.05, 3.63) is 11.6 Å². The quantitative estimate of drug-likeness (QED) is 0.823. The molecule has 0 aromatic carbocycles. The van der Waals surface area contributed by atoms with Gasteiger partial charge >= 0.3 is 6.09 Å². The lowest BCUT2D eigenvalue weighted by Gasteiger charge is -2.29. The zero-order chi connectivity index (χ0) is 16.7. The van der Waals surface area contributed by atoms with E-state index in [0.717, 1.165) is 5.82 Å². The Hall–Kier alpha value is -1.67. The Balaban J connectivity index is 2.10. The molecule has 1 aliphatic rings. The summed E-state index contributed by atoms with van der Waals surface area (Å²) >= 11 is 0. The maximum atomic E-state index is 12.1. The molecule has 8 heteroatoms. The highest BCUT2D eigenvalue weighted by Crippen LogP contribution is 2.32. The van der Waals surface area contributed by atoms with E-state index in [4.69, 9.17) is 10.5 Å². The number of amides is 1. The van der Waals surface area contributed by atoms with Crippen LogP contribution in [0, 0.1) is 6.92 Å². The number of hydrogen-bond acceptors (Lipinski definition) is 6. The summed E-state index contributed by atoms with van der Waals surface area (Å²) in [6.07, 6.45) is -0.0657. The lowest BCUT2D eigenvalue weighted by molar-refractivity contribution is 0.00323. The summed E-state index contributed by atoms with van der Waals surface area (Å²) in [6.45, 7) is 7.75. The van der Waals surface area contributed by atoms with Gasteiger partial charge in [0, 0.05) is 13.6 Å². The monoisotopic (exact) mass is 311 g/mol. The zero-order valence-electron chi connectivity index (χ0n) is 13.8. The zero-order valence-corrected chi connectivity index (χ0v) is 13.8. The molecule has 2 atom stereocenters. The molecule has 0 radical (unpaired) electrons. The Morgan fingerprint density at radius 1 is 1.45 bits per heavy atom. The summed E-state index contributed by atoms with van der Waals surface area (Å²) in [5, 5.41) is 18.8. The Kier molecular flexibility index (Phi) is 4.18. The van der Waals surface area contributed by atoms with Crippen LogP contribution in [0.1, 0.15) is 44.9 Å². The van der Waals surface area contributed by atoms with Crippen molar-refractivity contribution in [1.29, 1.82) is 0 Å². The third kappa shape index (κ3) is 3.22. The molecule has 0 spiro atoms. The fraction of sp³-hybridized carbons (Fsp3) is 0.786. The third-order valence-electron chi connectivity index (χ3n) is 3.91. The molecule has 22 heavy (non-hydrogen) atoms. The van der Waals surface area contributed by atoms with Crippen molar-refractivity contribution in [3.8, 4) is 0 Å². The van der Waals surface area contributed by atoms with Crippen LogP contribution in [-0.4, -0.2) is 55.2 Å². The van der Waals surface area contributed by atoms with E-state index in [0.29, 0.717) is 18.8 Å². The van der Waals surface area contributed by atoms with Gasteiger partial charge in [0.2, 0.25) is 0 Å². The van der Waals surface area contributed by atoms with E-state index >= 15 is 0 Å². The van der Waals surface area contributed by atoms with Crippen molar-refractivity contribution in [2.45, 2.75) is 51.4 Å². The fourth-order valence-corrected chi connectivity index (χ4v) is 2.49. The van der Waals surface area contributed by atoms with Crippen LogP contribution in [0.15, 0.2) is 0 Å². The first-order valence-electron chi connectivity index (χ1n) is 7.35. The number of β-amino-alcohol motifs (C(OH)–C–C–N with tert-alkyl or cyclic N) is 1.